The van der Waals surface area contributed by atoms with Gasteiger partial charge in [-0.25, -0.2) is 9.07 Å². The summed E-state index contributed by atoms with van der Waals surface area (Å²) in [5, 5.41) is 12.1. The molecule has 98 valence electrons. The van der Waals surface area contributed by atoms with Crippen LogP contribution in [0.25, 0.3) is 0 Å². The van der Waals surface area contributed by atoms with Crippen LogP contribution in [0.15, 0.2) is 28.3 Å². The van der Waals surface area contributed by atoms with Crippen molar-refractivity contribution in [1.82, 2.24) is 20.2 Å². The minimum absolute atomic E-state index is 0.0952. The number of aromatic nitrogens is 4. The first-order valence-electron chi connectivity index (χ1n) is 5.92. The second-order valence-electron chi connectivity index (χ2n) is 4.41. The normalized spacial score (nSPS) is 14.6. The molecule has 0 spiro atoms. The van der Waals surface area contributed by atoms with E-state index in [-0.39, 0.29) is 11.3 Å². The number of halogens is 1. The molecule has 5 nitrogen and oxygen atoms in total. The van der Waals surface area contributed by atoms with Gasteiger partial charge in [-0.15, -0.1) is 5.10 Å². The van der Waals surface area contributed by atoms with E-state index in [9.17, 15) is 9.18 Å². The van der Waals surface area contributed by atoms with Crippen LogP contribution in [0.5, 0.6) is 0 Å². The molecule has 19 heavy (non-hydrogen) atoms. The zero-order valence-electron chi connectivity index (χ0n) is 10.2. The van der Waals surface area contributed by atoms with Crippen LogP contribution >= 0.6 is 11.8 Å². The summed E-state index contributed by atoms with van der Waals surface area (Å²) in [5.41, 5.74) is 0.0952. The summed E-state index contributed by atoms with van der Waals surface area (Å²) >= 11 is 1.22. The van der Waals surface area contributed by atoms with Crippen molar-refractivity contribution in [3.05, 3.63) is 29.6 Å². The third-order valence-electron chi connectivity index (χ3n) is 2.88. The number of hydrogen-bond donors (Lipinski definition) is 0. The van der Waals surface area contributed by atoms with Crippen LogP contribution in [0.3, 0.4) is 0 Å². The lowest BCUT2D eigenvalue weighted by atomic mass is 10.1. The number of tetrazole rings is 1. The Labute approximate surface area is 113 Å². The number of carbonyl (C=O) groups excluding carboxylic acids is 1. The van der Waals surface area contributed by atoms with Crippen molar-refractivity contribution < 1.29 is 9.18 Å². The molecule has 0 atom stereocenters. The van der Waals surface area contributed by atoms with Gasteiger partial charge in [0.05, 0.1) is 11.6 Å². The lowest BCUT2D eigenvalue weighted by molar-refractivity contribution is 0.101. The van der Waals surface area contributed by atoms with Gasteiger partial charge in [0.2, 0.25) is 5.16 Å². The van der Waals surface area contributed by atoms with Crippen molar-refractivity contribution in [1.29, 1.82) is 0 Å². The minimum Gasteiger partial charge on any atom is -0.294 e. The molecule has 0 N–H and O–H groups in total. The largest absolute Gasteiger partial charge is 0.294 e. The molecule has 0 bridgehead atoms. The molecule has 1 aliphatic rings. The van der Waals surface area contributed by atoms with Crippen molar-refractivity contribution in [3.63, 3.8) is 0 Å². The van der Waals surface area contributed by atoms with Crippen LogP contribution in [0.1, 0.15) is 36.2 Å². The van der Waals surface area contributed by atoms with E-state index in [0.29, 0.717) is 16.1 Å². The Kier molecular flexibility index (Phi) is 3.06. The fourth-order valence-corrected chi connectivity index (χ4v) is 2.87. The van der Waals surface area contributed by atoms with Gasteiger partial charge < -0.3 is 0 Å². The number of Topliss-reactive ketones (excluding diaryl/α,β-unsaturated/α-hetero) is 1. The molecule has 0 amide bonds. The third-order valence-corrected chi connectivity index (χ3v) is 3.90. The molecule has 0 aliphatic heterocycles. The lowest BCUT2D eigenvalue weighted by Crippen LogP contribution is -2.02. The summed E-state index contributed by atoms with van der Waals surface area (Å²) < 4.78 is 15.4. The van der Waals surface area contributed by atoms with Crippen LogP contribution in [0.2, 0.25) is 0 Å². The van der Waals surface area contributed by atoms with E-state index < -0.39 is 5.82 Å². The van der Waals surface area contributed by atoms with Crippen molar-refractivity contribution in [3.8, 4) is 0 Å². The van der Waals surface area contributed by atoms with Crippen LogP contribution in [0, 0.1) is 5.82 Å². The summed E-state index contributed by atoms with van der Waals surface area (Å²) in [6.45, 7) is 1.35. The van der Waals surface area contributed by atoms with Gasteiger partial charge in [0, 0.05) is 4.90 Å². The second kappa shape index (κ2) is 4.73. The van der Waals surface area contributed by atoms with E-state index in [1.807, 2.05) is 0 Å². The van der Waals surface area contributed by atoms with Crippen LogP contribution < -0.4 is 0 Å². The number of hydrogen-bond acceptors (Lipinski definition) is 5. The molecule has 3 rings (SSSR count). The van der Waals surface area contributed by atoms with Crippen LogP contribution in [-0.4, -0.2) is 26.0 Å². The fourth-order valence-electron chi connectivity index (χ4n) is 1.83. The van der Waals surface area contributed by atoms with E-state index >= 15 is 0 Å². The Balaban J connectivity index is 1.97. The number of nitrogens with zero attached hydrogens (tertiary/aromatic N) is 4. The van der Waals surface area contributed by atoms with Gasteiger partial charge in [0.25, 0.3) is 0 Å². The molecule has 1 saturated carbocycles. The molecule has 1 aromatic heterocycles. The molecule has 0 saturated heterocycles. The number of carbonyl (C=O) groups is 1. The molecule has 0 radical (unpaired) electrons. The predicted octanol–water partition coefficient (Wildman–Crippen LogP) is 2.50. The highest BCUT2D eigenvalue weighted by atomic mass is 32.2. The summed E-state index contributed by atoms with van der Waals surface area (Å²) in [6, 6.07) is 4.91. The van der Waals surface area contributed by atoms with E-state index in [1.165, 1.54) is 24.8 Å². The van der Waals surface area contributed by atoms with E-state index in [2.05, 4.69) is 15.5 Å². The Morgan fingerprint density at radius 1 is 1.47 bits per heavy atom. The van der Waals surface area contributed by atoms with Gasteiger partial charge in [0.1, 0.15) is 5.82 Å². The van der Waals surface area contributed by atoms with Gasteiger partial charge in [-0.2, -0.15) is 0 Å². The maximum Gasteiger partial charge on any atom is 0.214 e. The number of benzene rings is 1. The van der Waals surface area contributed by atoms with Gasteiger partial charge in [0.15, 0.2) is 5.78 Å². The Morgan fingerprint density at radius 2 is 2.26 bits per heavy atom. The summed E-state index contributed by atoms with van der Waals surface area (Å²) in [5.74, 6) is -0.811. The van der Waals surface area contributed by atoms with Gasteiger partial charge in [-0.1, -0.05) is 6.07 Å². The second-order valence-corrected chi connectivity index (χ2v) is 5.42. The average Bonchev–Trinajstić information content (AvgIpc) is 3.10. The fraction of sp³-hybridized carbons (Fsp3) is 0.333. The van der Waals surface area contributed by atoms with Crippen molar-refractivity contribution in [2.24, 2.45) is 0 Å². The monoisotopic (exact) mass is 278 g/mol. The first kappa shape index (κ1) is 12.3. The van der Waals surface area contributed by atoms with Crippen molar-refractivity contribution in [2.45, 2.75) is 35.9 Å². The maximum absolute atomic E-state index is 13.7. The third kappa shape index (κ3) is 2.37. The highest BCUT2D eigenvalue weighted by molar-refractivity contribution is 7.99. The first-order chi connectivity index (χ1) is 9.16. The zero-order chi connectivity index (χ0) is 13.4. The Hall–Kier alpha value is -1.76. The SMILES string of the molecule is CC(=O)c1c(F)cccc1Sc1nnnn1C1CC1. The lowest BCUT2D eigenvalue weighted by Gasteiger charge is -2.07. The first-order valence-corrected chi connectivity index (χ1v) is 6.73. The molecule has 1 heterocycles. The number of ketones is 1. The topological polar surface area (TPSA) is 60.7 Å². The Bertz CT molecular complexity index is 638. The summed E-state index contributed by atoms with van der Waals surface area (Å²) in [4.78, 5) is 12.1. The minimum atomic E-state index is -0.511. The molecule has 0 unspecified atom stereocenters. The molecule has 7 heteroatoms. The molecular formula is C12H11FN4OS. The number of rotatable bonds is 4. The van der Waals surface area contributed by atoms with E-state index in [1.54, 1.807) is 16.8 Å². The molecule has 1 aromatic carbocycles. The van der Waals surface area contributed by atoms with Gasteiger partial charge >= 0.3 is 0 Å². The van der Waals surface area contributed by atoms with Crippen LogP contribution in [-0.2, 0) is 0 Å². The van der Waals surface area contributed by atoms with Crippen molar-refractivity contribution in [2.75, 3.05) is 0 Å². The molecular weight excluding hydrogens is 267 g/mol. The molecule has 1 aliphatic carbocycles. The van der Waals surface area contributed by atoms with E-state index in [0.717, 1.165) is 12.8 Å². The Morgan fingerprint density at radius 3 is 2.95 bits per heavy atom. The zero-order valence-corrected chi connectivity index (χ0v) is 11.0. The summed E-state index contributed by atoms with van der Waals surface area (Å²) in [7, 11) is 0. The predicted molar refractivity (Wildman–Crippen MR) is 66.6 cm³/mol. The average molecular weight is 278 g/mol. The van der Waals surface area contributed by atoms with Crippen molar-refractivity contribution >= 4 is 17.5 Å². The highest BCUT2D eigenvalue weighted by Gasteiger charge is 2.28. The summed E-state index contributed by atoms with van der Waals surface area (Å²) in [6.07, 6.45) is 2.11. The maximum atomic E-state index is 13.7. The van der Waals surface area contributed by atoms with Crippen LogP contribution in [0.4, 0.5) is 4.39 Å². The standard InChI is InChI=1S/C12H11FN4OS/c1-7(18)11-9(13)3-2-4-10(11)19-12-14-15-16-17(12)8-5-6-8/h2-4,8H,5-6H2,1H3. The highest BCUT2D eigenvalue weighted by Crippen LogP contribution is 2.38. The van der Waals surface area contributed by atoms with E-state index in [4.69, 9.17) is 0 Å². The quantitative estimate of drug-likeness (QED) is 0.804. The van der Waals surface area contributed by atoms with Gasteiger partial charge in [-0.05, 0) is 54.1 Å². The smallest absolute Gasteiger partial charge is 0.214 e. The molecule has 1 fully saturated rings. The molecule has 2 aromatic rings. The van der Waals surface area contributed by atoms with Gasteiger partial charge in [-0.3, -0.25) is 4.79 Å².